The summed E-state index contributed by atoms with van der Waals surface area (Å²) in [4.78, 5) is 27.7. The first-order chi connectivity index (χ1) is 11.2. The average molecular weight is 340 g/mol. The van der Waals surface area contributed by atoms with Crippen LogP contribution in [0.5, 0.6) is 5.75 Å². The molecule has 0 bridgehead atoms. The molecule has 1 atom stereocenters. The van der Waals surface area contributed by atoms with E-state index in [0.29, 0.717) is 19.4 Å². The summed E-state index contributed by atoms with van der Waals surface area (Å²) in [5.74, 6) is -1.09. The molecule has 1 aromatic carbocycles. The minimum Gasteiger partial charge on any atom is -0.482 e. The number of ether oxygens (including phenoxy) is 1. The minimum absolute atomic E-state index is 0.117. The minimum atomic E-state index is -0.630. The van der Waals surface area contributed by atoms with Crippen LogP contribution in [0.3, 0.4) is 0 Å². The third-order valence-electron chi connectivity index (χ3n) is 3.58. The fourth-order valence-corrected chi connectivity index (χ4v) is 2.25. The van der Waals surface area contributed by atoms with Crippen LogP contribution in [0.1, 0.15) is 33.6 Å². The summed E-state index contributed by atoms with van der Waals surface area (Å²) in [7, 11) is 0. The molecule has 2 rings (SSSR count). The summed E-state index contributed by atoms with van der Waals surface area (Å²) in [6.45, 7) is 6.10. The molecular formula is C16H21FN2O5. The molecule has 0 spiro atoms. The smallest absolute Gasteiger partial charge is 0.330 e. The van der Waals surface area contributed by atoms with Gasteiger partial charge in [0, 0.05) is 18.7 Å². The lowest BCUT2D eigenvalue weighted by molar-refractivity contribution is -0.386. The van der Waals surface area contributed by atoms with Gasteiger partial charge in [-0.25, -0.2) is 9.18 Å². The second-order valence-electron chi connectivity index (χ2n) is 6.77. The van der Waals surface area contributed by atoms with Crippen LogP contribution in [-0.2, 0) is 9.63 Å². The molecule has 0 radical (unpaired) electrons. The van der Waals surface area contributed by atoms with Crippen molar-refractivity contribution < 1.29 is 23.7 Å². The molecule has 0 aliphatic carbocycles. The Morgan fingerprint density at radius 1 is 1.42 bits per heavy atom. The van der Waals surface area contributed by atoms with Gasteiger partial charge in [-0.05, 0) is 39.7 Å². The largest absolute Gasteiger partial charge is 0.482 e. The molecule has 8 heteroatoms. The topological polar surface area (TPSA) is 81.9 Å². The Morgan fingerprint density at radius 2 is 2.12 bits per heavy atom. The maximum atomic E-state index is 13.4. The second kappa shape index (κ2) is 7.12. The number of nitrogens with zero attached hydrogens (tertiary/aromatic N) is 2. The van der Waals surface area contributed by atoms with Crippen LogP contribution < -0.4 is 4.74 Å². The molecule has 0 aromatic heterocycles. The first-order valence-electron chi connectivity index (χ1n) is 7.75. The number of hydrogen-bond donors (Lipinski definition) is 0. The number of carbonyl (C=O) groups excluding carboxylic acids is 1. The molecule has 24 heavy (non-hydrogen) atoms. The van der Waals surface area contributed by atoms with Gasteiger partial charge in [0.15, 0.2) is 5.75 Å². The van der Waals surface area contributed by atoms with E-state index < -0.39 is 22.3 Å². The summed E-state index contributed by atoms with van der Waals surface area (Å²) < 4.78 is 19.0. The molecule has 132 valence electrons. The van der Waals surface area contributed by atoms with Gasteiger partial charge in [-0.3, -0.25) is 10.1 Å². The summed E-state index contributed by atoms with van der Waals surface area (Å²) in [5, 5.41) is 12.5. The zero-order valence-corrected chi connectivity index (χ0v) is 14.0. The Hall–Kier alpha value is -2.22. The molecule has 1 fully saturated rings. The maximum absolute atomic E-state index is 13.4. The summed E-state index contributed by atoms with van der Waals surface area (Å²) in [6.07, 6.45) is 0.912. The van der Waals surface area contributed by atoms with E-state index in [1.807, 2.05) is 0 Å². The van der Waals surface area contributed by atoms with Gasteiger partial charge in [0.05, 0.1) is 16.9 Å². The van der Waals surface area contributed by atoms with Gasteiger partial charge in [0.2, 0.25) is 0 Å². The Balaban J connectivity index is 2.05. The van der Waals surface area contributed by atoms with Crippen LogP contribution in [0.2, 0.25) is 0 Å². The van der Waals surface area contributed by atoms with Gasteiger partial charge in [-0.2, -0.15) is 0 Å². The Morgan fingerprint density at radius 3 is 2.75 bits per heavy atom. The lowest BCUT2D eigenvalue weighted by atomic mass is 9.98. The van der Waals surface area contributed by atoms with Gasteiger partial charge in [-0.1, -0.05) is 0 Å². The molecule has 1 aliphatic rings. The van der Waals surface area contributed by atoms with E-state index in [-0.39, 0.29) is 24.0 Å². The number of benzene rings is 1. The van der Waals surface area contributed by atoms with Gasteiger partial charge in [0.25, 0.3) is 0 Å². The SMILES string of the molecule is CC(C)(C)C(=O)ON1CCC[C@@H](Oc2cc(F)ccc2[N+](=O)[O-])C1. The fourth-order valence-electron chi connectivity index (χ4n) is 2.25. The van der Waals surface area contributed by atoms with E-state index in [2.05, 4.69) is 0 Å². The van der Waals surface area contributed by atoms with E-state index >= 15 is 0 Å². The van der Waals surface area contributed by atoms with Crippen molar-refractivity contribution in [3.05, 3.63) is 34.1 Å². The number of hydrogen-bond acceptors (Lipinski definition) is 6. The number of nitro benzene ring substituents is 1. The van der Waals surface area contributed by atoms with Crippen molar-refractivity contribution in [3.63, 3.8) is 0 Å². The molecule has 0 saturated carbocycles. The van der Waals surface area contributed by atoms with Crippen LogP contribution in [-0.4, -0.2) is 35.1 Å². The third kappa shape index (κ3) is 4.64. The molecule has 0 amide bonds. The van der Waals surface area contributed by atoms with Crippen molar-refractivity contribution in [2.45, 2.75) is 39.7 Å². The number of rotatable bonds is 4. The van der Waals surface area contributed by atoms with Crippen LogP contribution >= 0.6 is 0 Å². The first kappa shape index (κ1) is 18.1. The molecule has 1 aliphatic heterocycles. The molecule has 7 nitrogen and oxygen atoms in total. The van der Waals surface area contributed by atoms with E-state index in [1.165, 1.54) is 5.06 Å². The first-order valence-corrected chi connectivity index (χ1v) is 7.75. The number of hydroxylamine groups is 2. The van der Waals surface area contributed by atoms with Crippen LogP contribution in [0, 0.1) is 21.3 Å². The van der Waals surface area contributed by atoms with E-state index in [4.69, 9.17) is 9.57 Å². The van der Waals surface area contributed by atoms with Gasteiger partial charge < -0.3 is 9.57 Å². The average Bonchev–Trinajstić information content (AvgIpc) is 2.46. The number of carbonyl (C=O) groups is 1. The number of halogens is 1. The fraction of sp³-hybridized carbons (Fsp3) is 0.562. The molecule has 0 unspecified atom stereocenters. The van der Waals surface area contributed by atoms with Crippen molar-refractivity contribution >= 4 is 11.7 Å². The Labute approximate surface area is 139 Å². The van der Waals surface area contributed by atoms with Crippen molar-refractivity contribution in [2.75, 3.05) is 13.1 Å². The monoisotopic (exact) mass is 340 g/mol. The van der Waals surface area contributed by atoms with Gasteiger partial charge >= 0.3 is 11.7 Å². The van der Waals surface area contributed by atoms with Crippen LogP contribution in [0.25, 0.3) is 0 Å². The highest BCUT2D eigenvalue weighted by Crippen LogP contribution is 2.30. The zero-order valence-electron chi connectivity index (χ0n) is 14.0. The zero-order chi connectivity index (χ0) is 17.9. The molecule has 1 saturated heterocycles. The van der Waals surface area contributed by atoms with Gasteiger partial charge in [0.1, 0.15) is 11.9 Å². The third-order valence-corrected chi connectivity index (χ3v) is 3.58. The van der Waals surface area contributed by atoms with E-state index in [9.17, 15) is 19.3 Å². The van der Waals surface area contributed by atoms with E-state index in [1.54, 1.807) is 20.8 Å². The highest BCUT2D eigenvalue weighted by atomic mass is 19.1. The predicted octanol–water partition coefficient (Wildman–Crippen LogP) is 3.08. The lowest BCUT2D eigenvalue weighted by Crippen LogP contribution is -2.44. The van der Waals surface area contributed by atoms with Crippen molar-refractivity contribution in [2.24, 2.45) is 5.41 Å². The summed E-state index contributed by atoms with van der Waals surface area (Å²) >= 11 is 0. The number of piperidine rings is 1. The van der Waals surface area contributed by atoms with Gasteiger partial charge in [-0.15, -0.1) is 5.06 Å². The maximum Gasteiger partial charge on any atom is 0.330 e. The normalized spacial score (nSPS) is 18.9. The molecular weight excluding hydrogens is 319 g/mol. The molecule has 1 aromatic rings. The van der Waals surface area contributed by atoms with Crippen molar-refractivity contribution in [1.29, 1.82) is 0 Å². The van der Waals surface area contributed by atoms with Crippen molar-refractivity contribution in [1.82, 2.24) is 5.06 Å². The lowest BCUT2D eigenvalue weighted by Gasteiger charge is -2.32. The second-order valence-corrected chi connectivity index (χ2v) is 6.77. The van der Waals surface area contributed by atoms with Crippen LogP contribution in [0.4, 0.5) is 10.1 Å². The highest BCUT2D eigenvalue weighted by molar-refractivity contribution is 5.75. The standard InChI is InChI=1S/C16H21FN2O5/c1-16(2,3)15(20)24-18-8-4-5-12(10-18)23-14-9-11(17)6-7-13(14)19(21)22/h6-7,9,12H,4-5,8,10H2,1-3H3/t12-/m1/s1. The molecule has 0 N–H and O–H groups in total. The number of nitro groups is 1. The summed E-state index contributed by atoms with van der Waals surface area (Å²) in [5.41, 5.74) is -0.921. The van der Waals surface area contributed by atoms with Crippen molar-refractivity contribution in [3.8, 4) is 5.75 Å². The summed E-state index contributed by atoms with van der Waals surface area (Å²) in [6, 6.07) is 3.09. The van der Waals surface area contributed by atoms with Crippen LogP contribution in [0.15, 0.2) is 18.2 Å². The quantitative estimate of drug-likeness (QED) is 0.619. The Kier molecular flexibility index (Phi) is 5.38. The highest BCUT2D eigenvalue weighted by Gasteiger charge is 2.30. The Bertz CT molecular complexity index is 629. The van der Waals surface area contributed by atoms with E-state index in [0.717, 1.165) is 18.2 Å². The molecule has 1 heterocycles. The predicted molar refractivity (Wildman–Crippen MR) is 83.8 cm³/mol.